The molecule has 0 saturated heterocycles. The largest absolute Gasteiger partial charge is 0.381 e. The van der Waals surface area contributed by atoms with Crippen LogP contribution < -0.4 is 0 Å². The molecule has 3 saturated carbocycles. The summed E-state index contributed by atoms with van der Waals surface area (Å²) in [6, 6.07) is 0. The van der Waals surface area contributed by atoms with Crippen LogP contribution in [0, 0.1) is 46.3 Å². The monoisotopic (exact) mass is 414 g/mol. The molecule has 1 nitrogen and oxygen atoms in total. The number of methoxy groups -OCH3 is 1. The topological polar surface area (TPSA) is 9.23 Å². The Hall–Kier alpha value is -0.300. The maximum Gasteiger partial charge on any atom is 0.0574 e. The predicted octanol–water partition coefficient (Wildman–Crippen LogP) is 8.43. The lowest BCUT2D eigenvalue weighted by atomic mass is 9.49. The van der Waals surface area contributed by atoms with Crippen LogP contribution in [0.25, 0.3) is 0 Å². The normalized spacial score (nSPS) is 43.2. The summed E-state index contributed by atoms with van der Waals surface area (Å²) in [4.78, 5) is 0. The maximum atomic E-state index is 5.79. The van der Waals surface area contributed by atoms with Crippen LogP contribution in [0.1, 0.15) is 112 Å². The zero-order valence-corrected chi connectivity index (χ0v) is 21.2. The minimum atomic E-state index is 0.513. The molecule has 0 amide bonds. The second-order valence-corrected chi connectivity index (χ2v) is 12.8. The van der Waals surface area contributed by atoms with Crippen molar-refractivity contribution in [2.75, 3.05) is 7.11 Å². The molecular formula is C29H50O. The molecule has 0 aromatic heterocycles. The Morgan fingerprint density at radius 2 is 1.70 bits per heavy atom. The van der Waals surface area contributed by atoms with Gasteiger partial charge in [0, 0.05) is 7.11 Å². The molecular weight excluding hydrogens is 364 g/mol. The molecule has 0 aromatic rings. The van der Waals surface area contributed by atoms with Crippen molar-refractivity contribution in [3.8, 4) is 0 Å². The van der Waals surface area contributed by atoms with Gasteiger partial charge in [0.2, 0.25) is 0 Å². The van der Waals surface area contributed by atoms with Gasteiger partial charge in [0.1, 0.15) is 0 Å². The Balaban J connectivity index is 1.52. The molecule has 1 heteroatoms. The van der Waals surface area contributed by atoms with E-state index in [9.17, 15) is 0 Å². The van der Waals surface area contributed by atoms with Gasteiger partial charge in [-0.25, -0.2) is 0 Å². The van der Waals surface area contributed by atoms with Gasteiger partial charge in [-0.3, -0.25) is 0 Å². The SMILES string of the molecule is CO[C@H]1CC[C@@]2(C)[C@@H](CCC3=C4CC[C@H]([C@H](C)CC[C@H](C)C(C)C)[C@@]4(C)CC[C@@H]32)C1. The van der Waals surface area contributed by atoms with Crippen molar-refractivity contribution in [2.45, 2.75) is 118 Å². The molecule has 0 unspecified atom stereocenters. The van der Waals surface area contributed by atoms with Crippen molar-refractivity contribution in [2.24, 2.45) is 46.3 Å². The van der Waals surface area contributed by atoms with E-state index in [0.717, 1.165) is 35.5 Å². The zero-order valence-electron chi connectivity index (χ0n) is 21.2. The van der Waals surface area contributed by atoms with Crippen molar-refractivity contribution in [3.05, 3.63) is 11.1 Å². The summed E-state index contributed by atoms with van der Waals surface area (Å²) in [6.07, 6.45) is 16.0. The minimum Gasteiger partial charge on any atom is -0.381 e. The van der Waals surface area contributed by atoms with Crippen LogP contribution in [0.4, 0.5) is 0 Å². The van der Waals surface area contributed by atoms with Crippen molar-refractivity contribution < 1.29 is 4.74 Å². The molecule has 0 aromatic carbocycles. The first-order valence-corrected chi connectivity index (χ1v) is 13.5. The molecule has 0 spiro atoms. The number of hydrogen-bond acceptors (Lipinski definition) is 1. The van der Waals surface area contributed by atoms with Gasteiger partial charge in [-0.15, -0.1) is 0 Å². The summed E-state index contributed by atoms with van der Waals surface area (Å²) in [6.45, 7) is 15.2. The molecule has 0 radical (unpaired) electrons. The van der Waals surface area contributed by atoms with Crippen molar-refractivity contribution in [1.82, 2.24) is 0 Å². The van der Waals surface area contributed by atoms with Crippen molar-refractivity contribution >= 4 is 0 Å². The van der Waals surface area contributed by atoms with Gasteiger partial charge in [0.15, 0.2) is 0 Å². The van der Waals surface area contributed by atoms with Gasteiger partial charge < -0.3 is 4.74 Å². The van der Waals surface area contributed by atoms with E-state index in [1.807, 2.05) is 18.3 Å². The van der Waals surface area contributed by atoms with Crippen LogP contribution >= 0.6 is 0 Å². The van der Waals surface area contributed by atoms with Crippen LogP contribution in [0.2, 0.25) is 0 Å². The Morgan fingerprint density at radius 1 is 0.933 bits per heavy atom. The number of ether oxygens (including phenoxy) is 1. The average Bonchev–Trinajstić information content (AvgIpc) is 3.08. The van der Waals surface area contributed by atoms with Gasteiger partial charge >= 0.3 is 0 Å². The molecule has 0 bridgehead atoms. The van der Waals surface area contributed by atoms with E-state index < -0.39 is 0 Å². The smallest absolute Gasteiger partial charge is 0.0574 e. The number of hydrogen-bond donors (Lipinski definition) is 0. The highest BCUT2D eigenvalue weighted by molar-refractivity contribution is 5.34. The van der Waals surface area contributed by atoms with Crippen molar-refractivity contribution in [3.63, 3.8) is 0 Å². The van der Waals surface area contributed by atoms with Gasteiger partial charge in [0.05, 0.1) is 6.10 Å². The number of allylic oxidation sites excluding steroid dienone is 2. The fraction of sp³-hybridized carbons (Fsp3) is 0.931. The summed E-state index contributed by atoms with van der Waals surface area (Å²) in [5.74, 6) is 5.28. The van der Waals surface area contributed by atoms with Crippen LogP contribution in [0.5, 0.6) is 0 Å². The summed E-state index contributed by atoms with van der Waals surface area (Å²) in [5.41, 5.74) is 4.98. The lowest BCUT2D eigenvalue weighted by molar-refractivity contribution is -0.0520. The van der Waals surface area contributed by atoms with E-state index in [4.69, 9.17) is 4.74 Å². The standard InChI is InChI=1S/C29H50O/c1-19(2)20(3)8-9-21(4)25-12-13-26-24-11-10-22-18-23(30-7)14-16-28(22,5)27(24)15-17-29(25,26)6/h19-23,25,27H,8-18H2,1-7H3/t20-,21+,22-,23-,25+,27-,28-,29+/m0/s1. The van der Waals surface area contributed by atoms with E-state index in [2.05, 4.69) is 41.5 Å². The Bertz CT molecular complexity index is 647. The lowest BCUT2D eigenvalue weighted by Gasteiger charge is -2.57. The first-order valence-electron chi connectivity index (χ1n) is 13.5. The second kappa shape index (κ2) is 8.57. The van der Waals surface area contributed by atoms with E-state index in [-0.39, 0.29) is 0 Å². The molecule has 0 heterocycles. The first kappa shape index (κ1) is 22.9. The third-order valence-corrected chi connectivity index (χ3v) is 11.3. The zero-order chi connectivity index (χ0) is 21.7. The molecule has 4 aliphatic rings. The van der Waals surface area contributed by atoms with Crippen LogP contribution in [0.15, 0.2) is 11.1 Å². The van der Waals surface area contributed by atoms with Gasteiger partial charge in [-0.2, -0.15) is 0 Å². The number of rotatable bonds is 6. The van der Waals surface area contributed by atoms with Crippen LogP contribution in [0.3, 0.4) is 0 Å². The molecule has 172 valence electrons. The third kappa shape index (κ3) is 3.74. The average molecular weight is 415 g/mol. The fourth-order valence-corrected chi connectivity index (χ4v) is 8.68. The summed E-state index contributed by atoms with van der Waals surface area (Å²) in [7, 11) is 1.93. The predicted molar refractivity (Wildman–Crippen MR) is 128 cm³/mol. The quantitative estimate of drug-likeness (QED) is 0.396. The summed E-state index contributed by atoms with van der Waals surface area (Å²) >= 11 is 0. The Labute approximate surface area is 187 Å². The molecule has 0 N–H and O–H groups in total. The van der Waals surface area contributed by atoms with Gasteiger partial charge in [-0.05, 0) is 104 Å². The highest BCUT2D eigenvalue weighted by Gasteiger charge is 2.55. The first-order chi connectivity index (χ1) is 14.2. The van der Waals surface area contributed by atoms with E-state index in [1.54, 1.807) is 0 Å². The fourth-order valence-electron chi connectivity index (χ4n) is 8.68. The summed E-state index contributed by atoms with van der Waals surface area (Å²) < 4.78 is 5.79. The van der Waals surface area contributed by atoms with E-state index >= 15 is 0 Å². The molecule has 4 rings (SSSR count). The van der Waals surface area contributed by atoms with Crippen LogP contribution in [-0.2, 0) is 4.74 Å². The highest BCUT2D eigenvalue weighted by Crippen LogP contribution is 2.66. The molecule has 3 fully saturated rings. The molecule has 4 aliphatic carbocycles. The van der Waals surface area contributed by atoms with E-state index in [0.29, 0.717) is 16.9 Å². The second-order valence-electron chi connectivity index (χ2n) is 12.8. The van der Waals surface area contributed by atoms with Gasteiger partial charge in [0.25, 0.3) is 0 Å². The highest BCUT2D eigenvalue weighted by atomic mass is 16.5. The molecule has 0 aliphatic heterocycles. The molecule has 30 heavy (non-hydrogen) atoms. The minimum absolute atomic E-state index is 0.513. The Morgan fingerprint density at radius 3 is 2.40 bits per heavy atom. The Kier molecular flexibility index (Phi) is 6.53. The van der Waals surface area contributed by atoms with Gasteiger partial charge in [-0.1, -0.05) is 65.5 Å². The third-order valence-electron chi connectivity index (χ3n) is 11.3. The molecule has 8 atom stereocenters. The number of fused-ring (bicyclic) bond motifs is 4. The van der Waals surface area contributed by atoms with Crippen LogP contribution in [-0.4, -0.2) is 13.2 Å². The summed E-state index contributed by atoms with van der Waals surface area (Å²) in [5, 5.41) is 0. The maximum absolute atomic E-state index is 5.79. The van der Waals surface area contributed by atoms with E-state index in [1.165, 1.54) is 70.6 Å². The van der Waals surface area contributed by atoms with Crippen molar-refractivity contribution in [1.29, 1.82) is 0 Å². The lowest BCUT2D eigenvalue weighted by Crippen LogP contribution is -2.48.